The van der Waals surface area contributed by atoms with Crippen LogP contribution in [-0.2, 0) is 30.5 Å². The van der Waals surface area contributed by atoms with Crippen LogP contribution < -0.4 is 0 Å². The number of rotatable bonds is 9. The van der Waals surface area contributed by atoms with Crippen LogP contribution in [0.3, 0.4) is 0 Å². The lowest BCUT2D eigenvalue weighted by Gasteiger charge is -2.14. The molecule has 2 aromatic carbocycles. The first-order valence-electron chi connectivity index (χ1n) is 11.0. The van der Waals surface area contributed by atoms with Gasteiger partial charge in [0.15, 0.2) is 0 Å². The minimum absolute atomic E-state index is 0.0117. The molecular weight excluding hydrogens is 458 g/mol. The fraction of sp³-hybridized carbons (Fsp3) is 0.172. The van der Waals surface area contributed by atoms with Gasteiger partial charge in [0.05, 0.1) is 6.07 Å². The Bertz CT molecular complexity index is 1180. The van der Waals surface area contributed by atoms with E-state index in [1.807, 2.05) is 30.3 Å². The van der Waals surface area contributed by atoms with Gasteiger partial charge in [0.25, 0.3) is 0 Å². The third-order valence-electron chi connectivity index (χ3n) is 4.86. The van der Waals surface area contributed by atoms with Crippen molar-refractivity contribution in [1.82, 2.24) is 0 Å². The molecule has 0 amide bonds. The Balaban J connectivity index is 0.00000150. The van der Waals surface area contributed by atoms with Crippen molar-refractivity contribution in [2.75, 3.05) is 0 Å². The Morgan fingerprint density at radius 1 is 0.972 bits per heavy atom. The van der Waals surface area contributed by atoms with E-state index in [0.29, 0.717) is 17.6 Å². The average molecular weight is 488 g/mol. The zero-order valence-corrected chi connectivity index (χ0v) is 20.5. The van der Waals surface area contributed by atoms with Crippen molar-refractivity contribution < 1.29 is 29.0 Å². The van der Waals surface area contributed by atoms with Gasteiger partial charge in [0.1, 0.15) is 12.4 Å². The third-order valence-corrected chi connectivity index (χ3v) is 4.86. The smallest absolute Gasteiger partial charge is 0.341 e. The predicted octanol–water partition coefficient (Wildman–Crippen LogP) is 5.59. The minimum Gasteiger partial charge on any atom is -0.508 e. The number of esters is 3. The first-order chi connectivity index (χ1) is 17.1. The molecule has 0 fully saturated rings. The SMILES string of the molecule is C=C(CC(=C(C)C(=O)OC(=O)C(=C)CC)c1ccc(O)cc1)C(=O)OCc1ccccc1.C=CC#N. The summed E-state index contributed by atoms with van der Waals surface area (Å²) < 4.78 is 10.2. The van der Waals surface area contributed by atoms with E-state index >= 15 is 0 Å². The summed E-state index contributed by atoms with van der Waals surface area (Å²) in [6, 6.07) is 17.0. The fourth-order valence-electron chi connectivity index (χ4n) is 2.72. The van der Waals surface area contributed by atoms with Gasteiger partial charge in [-0.15, -0.1) is 0 Å². The number of phenols is 1. The summed E-state index contributed by atoms with van der Waals surface area (Å²) in [5, 5.41) is 17.1. The first-order valence-corrected chi connectivity index (χ1v) is 11.0. The zero-order chi connectivity index (χ0) is 27.1. The van der Waals surface area contributed by atoms with Crippen LogP contribution >= 0.6 is 0 Å². The van der Waals surface area contributed by atoms with Crippen LogP contribution in [0.2, 0.25) is 0 Å². The van der Waals surface area contributed by atoms with Crippen molar-refractivity contribution in [2.45, 2.75) is 33.3 Å². The van der Waals surface area contributed by atoms with Crippen LogP contribution in [0.5, 0.6) is 5.75 Å². The number of aromatic hydroxyl groups is 1. The first kappa shape index (κ1) is 29.3. The second-order valence-electron chi connectivity index (χ2n) is 7.46. The number of carbonyl (C=O) groups is 3. The van der Waals surface area contributed by atoms with Crippen molar-refractivity contribution in [1.29, 1.82) is 5.26 Å². The summed E-state index contributed by atoms with van der Waals surface area (Å²) >= 11 is 0. The van der Waals surface area contributed by atoms with Crippen LogP contribution in [0.25, 0.3) is 5.57 Å². The molecule has 186 valence electrons. The van der Waals surface area contributed by atoms with E-state index in [1.165, 1.54) is 25.1 Å². The molecule has 7 heteroatoms. The standard InChI is InChI=1S/C26H26O6.C3H3N/c1-5-17(2)25(29)32-26(30)19(4)23(21-11-13-22(27)14-12-21)15-18(3)24(28)31-16-20-9-7-6-8-10-20;1-2-3-4/h6-14,27H,2-3,5,15-16H2,1,4H3;2H,1H2. The Kier molecular flexibility index (Phi) is 12.4. The monoisotopic (exact) mass is 487 g/mol. The number of nitrogens with zero attached hydrogens (tertiary/aromatic N) is 1. The topological polar surface area (TPSA) is 114 Å². The molecular formula is C29H29NO6. The molecule has 2 aromatic rings. The molecule has 0 aliphatic rings. The predicted molar refractivity (Wildman–Crippen MR) is 137 cm³/mol. The molecule has 1 N–H and O–H groups in total. The van der Waals surface area contributed by atoms with Crippen LogP contribution in [-0.4, -0.2) is 23.0 Å². The Labute approximate surface area is 211 Å². The summed E-state index contributed by atoms with van der Waals surface area (Å²) in [6.45, 7) is 13.8. The molecule has 0 heterocycles. The number of carbonyl (C=O) groups excluding carboxylic acids is 3. The van der Waals surface area contributed by atoms with Gasteiger partial charge in [0, 0.05) is 29.2 Å². The lowest BCUT2D eigenvalue weighted by atomic mass is 9.94. The van der Waals surface area contributed by atoms with E-state index in [-0.39, 0.29) is 35.5 Å². The van der Waals surface area contributed by atoms with Crippen molar-refractivity contribution in [2.24, 2.45) is 0 Å². The van der Waals surface area contributed by atoms with Gasteiger partial charge >= 0.3 is 17.9 Å². The lowest BCUT2D eigenvalue weighted by molar-refractivity contribution is -0.154. The van der Waals surface area contributed by atoms with Gasteiger partial charge in [-0.1, -0.05) is 69.1 Å². The number of hydrogen-bond acceptors (Lipinski definition) is 7. The van der Waals surface area contributed by atoms with Gasteiger partial charge in [-0.2, -0.15) is 5.26 Å². The maximum Gasteiger partial charge on any atom is 0.341 e. The average Bonchev–Trinajstić information content (AvgIpc) is 2.90. The Morgan fingerprint density at radius 2 is 1.56 bits per heavy atom. The van der Waals surface area contributed by atoms with E-state index in [9.17, 15) is 19.5 Å². The lowest BCUT2D eigenvalue weighted by Crippen LogP contribution is -2.16. The minimum atomic E-state index is -0.849. The second-order valence-corrected chi connectivity index (χ2v) is 7.46. The van der Waals surface area contributed by atoms with Gasteiger partial charge in [-0.25, -0.2) is 14.4 Å². The highest BCUT2D eigenvalue weighted by molar-refractivity contribution is 6.06. The largest absolute Gasteiger partial charge is 0.508 e. The Hall–Kier alpha value is -4.70. The summed E-state index contributed by atoms with van der Waals surface area (Å²) in [7, 11) is 0. The normalized spacial score (nSPS) is 10.4. The molecule has 0 aliphatic heterocycles. The molecule has 0 aliphatic carbocycles. The van der Waals surface area contributed by atoms with Crippen LogP contribution in [0.15, 0.2) is 97.1 Å². The molecule has 0 saturated heterocycles. The van der Waals surface area contributed by atoms with E-state index in [1.54, 1.807) is 25.1 Å². The number of phenolic OH excluding ortho intramolecular Hbond substituents is 1. The number of nitriles is 1. The van der Waals surface area contributed by atoms with E-state index in [4.69, 9.17) is 14.7 Å². The molecule has 0 unspecified atom stereocenters. The van der Waals surface area contributed by atoms with Crippen LogP contribution in [0.1, 0.15) is 37.8 Å². The molecule has 7 nitrogen and oxygen atoms in total. The molecule has 0 spiro atoms. The molecule has 0 radical (unpaired) electrons. The Morgan fingerprint density at radius 3 is 2.08 bits per heavy atom. The van der Waals surface area contributed by atoms with Crippen molar-refractivity contribution in [3.05, 3.63) is 108 Å². The van der Waals surface area contributed by atoms with E-state index in [0.717, 1.165) is 5.56 Å². The van der Waals surface area contributed by atoms with Crippen molar-refractivity contribution >= 4 is 23.5 Å². The molecule has 0 bridgehead atoms. The number of allylic oxidation sites excluding steroid dienone is 2. The highest BCUT2D eigenvalue weighted by Crippen LogP contribution is 2.28. The molecule has 2 rings (SSSR count). The van der Waals surface area contributed by atoms with Gasteiger partial charge < -0.3 is 14.6 Å². The zero-order valence-electron chi connectivity index (χ0n) is 20.5. The summed E-state index contributed by atoms with van der Waals surface area (Å²) in [6.07, 6.45) is 1.52. The van der Waals surface area contributed by atoms with Crippen LogP contribution in [0, 0.1) is 11.3 Å². The van der Waals surface area contributed by atoms with Gasteiger partial charge in [-0.3, -0.25) is 0 Å². The molecule has 0 atom stereocenters. The third kappa shape index (κ3) is 9.65. The highest BCUT2D eigenvalue weighted by Gasteiger charge is 2.21. The number of benzene rings is 2. The quantitative estimate of drug-likeness (QED) is 0.212. The fourth-order valence-corrected chi connectivity index (χ4v) is 2.72. The number of ether oxygens (including phenoxy) is 2. The highest BCUT2D eigenvalue weighted by atomic mass is 16.6. The summed E-state index contributed by atoms with van der Waals surface area (Å²) in [5.74, 6) is -2.22. The number of hydrogen-bond donors (Lipinski definition) is 1. The maximum atomic E-state index is 12.6. The van der Waals surface area contributed by atoms with Crippen molar-refractivity contribution in [3.63, 3.8) is 0 Å². The molecule has 36 heavy (non-hydrogen) atoms. The molecule has 0 saturated carbocycles. The van der Waals surface area contributed by atoms with Gasteiger partial charge in [0.2, 0.25) is 0 Å². The molecule has 0 aromatic heterocycles. The second kappa shape index (κ2) is 15.3. The van der Waals surface area contributed by atoms with E-state index < -0.39 is 17.9 Å². The van der Waals surface area contributed by atoms with Crippen molar-refractivity contribution in [3.8, 4) is 11.8 Å². The van der Waals surface area contributed by atoms with E-state index in [2.05, 4.69) is 19.7 Å². The van der Waals surface area contributed by atoms with Gasteiger partial charge in [-0.05, 0) is 42.2 Å². The maximum absolute atomic E-state index is 12.6. The summed E-state index contributed by atoms with van der Waals surface area (Å²) in [4.78, 5) is 37.0. The van der Waals surface area contributed by atoms with Crippen LogP contribution in [0.4, 0.5) is 0 Å². The summed E-state index contributed by atoms with van der Waals surface area (Å²) in [5.41, 5.74) is 2.25.